The molecule has 0 spiro atoms. The standard InChI is InChI=1S/C26H45NO3/c1-3-4-5-6-7-8-9-10-11-12-13-14-15-16-21-29-22-23-30-26-19-17-25(18-20-26)27-24(2)28/h17-20H,3-16,21-23H2,1-2H3,(H,27,28). The first-order valence-corrected chi connectivity index (χ1v) is 12.3. The van der Waals surface area contributed by atoms with Crippen molar-refractivity contribution in [1.29, 1.82) is 0 Å². The van der Waals surface area contributed by atoms with Gasteiger partial charge in [-0.1, -0.05) is 90.4 Å². The fraction of sp³-hybridized carbons (Fsp3) is 0.731. The van der Waals surface area contributed by atoms with Gasteiger partial charge in [0, 0.05) is 19.2 Å². The molecule has 0 fully saturated rings. The van der Waals surface area contributed by atoms with Gasteiger partial charge in [0.2, 0.25) is 5.91 Å². The maximum absolute atomic E-state index is 11.0. The zero-order valence-corrected chi connectivity index (χ0v) is 19.6. The summed E-state index contributed by atoms with van der Waals surface area (Å²) in [7, 11) is 0. The van der Waals surface area contributed by atoms with Crippen molar-refractivity contribution in [1.82, 2.24) is 0 Å². The molecule has 0 atom stereocenters. The van der Waals surface area contributed by atoms with Gasteiger partial charge in [0.15, 0.2) is 0 Å². The number of amides is 1. The SMILES string of the molecule is CCCCCCCCCCCCCCCCOCCOc1ccc(NC(C)=O)cc1. The van der Waals surface area contributed by atoms with Gasteiger partial charge in [-0.3, -0.25) is 4.79 Å². The molecule has 4 heteroatoms. The minimum atomic E-state index is -0.0689. The van der Waals surface area contributed by atoms with E-state index in [-0.39, 0.29) is 5.91 Å². The van der Waals surface area contributed by atoms with Crippen LogP contribution in [-0.2, 0) is 9.53 Å². The van der Waals surface area contributed by atoms with Crippen LogP contribution in [0.1, 0.15) is 104 Å². The number of carbonyl (C=O) groups excluding carboxylic acids is 1. The molecule has 1 amide bonds. The fourth-order valence-electron chi connectivity index (χ4n) is 3.56. The van der Waals surface area contributed by atoms with E-state index in [9.17, 15) is 4.79 Å². The second-order valence-corrected chi connectivity index (χ2v) is 8.26. The molecule has 0 saturated heterocycles. The summed E-state index contributed by atoms with van der Waals surface area (Å²) in [6.07, 6.45) is 19.3. The summed E-state index contributed by atoms with van der Waals surface area (Å²) in [6.45, 7) is 5.77. The molecule has 1 rings (SSSR count). The number of unbranched alkanes of at least 4 members (excludes halogenated alkanes) is 13. The lowest BCUT2D eigenvalue weighted by atomic mass is 10.0. The van der Waals surface area contributed by atoms with Crippen molar-refractivity contribution in [3.8, 4) is 5.75 Å². The molecule has 0 aromatic heterocycles. The molecule has 0 heterocycles. The van der Waals surface area contributed by atoms with Gasteiger partial charge in [0.1, 0.15) is 12.4 Å². The van der Waals surface area contributed by atoms with Crippen LogP contribution in [0.3, 0.4) is 0 Å². The van der Waals surface area contributed by atoms with Crippen molar-refractivity contribution in [3.63, 3.8) is 0 Å². The first-order chi connectivity index (χ1) is 14.7. The molecule has 30 heavy (non-hydrogen) atoms. The van der Waals surface area contributed by atoms with Gasteiger partial charge in [0.05, 0.1) is 6.61 Å². The summed E-state index contributed by atoms with van der Waals surface area (Å²) in [4.78, 5) is 11.0. The van der Waals surface area contributed by atoms with Crippen LogP contribution in [-0.4, -0.2) is 25.7 Å². The summed E-state index contributed by atoms with van der Waals surface area (Å²) in [5, 5.41) is 2.74. The first kappa shape index (κ1) is 26.5. The lowest BCUT2D eigenvalue weighted by molar-refractivity contribution is -0.114. The molecular weight excluding hydrogens is 374 g/mol. The first-order valence-electron chi connectivity index (χ1n) is 12.3. The highest BCUT2D eigenvalue weighted by atomic mass is 16.5. The Kier molecular flexibility index (Phi) is 17.1. The Morgan fingerprint density at radius 2 is 1.20 bits per heavy atom. The second-order valence-electron chi connectivity index (χ2n) is 8.26. The number of hydrogen-bond donors (Lipinski definition) is 1. The van der Waals surface area contributed by atoms with E-state index in [1.54, 1.807) is 0 Å². The molecule has 0 bridgehead atoms. The van der Waals surface area contributed by atoms with Gasteiger partial charge in [-0.2, -0.15) is 0 Å². The van der Waals surface area contributed by atoms with E-state index in [0.717, 1.165) is 24.5 Å². The van der Waals surface area contributed by atoms with E-state index in [1.165, 1.54) is 90.4 Å². The molecular formula is C26H45NO3. The van der Waals surface area contributed by atoms with E-state index in [0.29, 0.717) is 13.2 Å². The normalized spacial score (nSPS) is 10.9. The number of benzene rings is 1. The number of ether oxygens (including phenoxy) is 2. The Morgan fingerprint density at radius 3 is 1.70 bits per heavy atom. The van der Waals surface area contributed by atoms with E-state index < -0.39 is 0 Å². The molecule has 0 saturated carbocycles. The van der Waals surface area contributed by atoms with Crippen molar-refractivity contribution in [2.24, 2.45) is 0 Å². The number of carbonyl (C=O) groups is 1. The third-order valence-corrected chi connectivity index (χ3v) is 5.31. The number of anilines is 1. The van der Waals surface area contributed by atoms with Crippen molar-refractivity contribution in [2.45, 2.75) is 104 Å². The highest BCUT2D eigenvalue weighted by Crippen LogP contribution is 2.16. The molecule has 1 N–H and O–H groups in total. The topological polar surface area (TPSA) is 47.6 Å². The highest BCUT2D eigenvalue weighted by Gasteiger charge is 1.98. The number of hydrogen-bond acceptors (Lipinski definition) is 3. The monoisotopic (exact) mass is 419 g/mol. The van der Waals surface area contributed by atoms with Crippen LogP contribution in [0, 0.1) is 0 Å². The Morgan fingerprint density at radius 1 is 0.700 bits per heavy atom. The average Bonchev–Trinajstić information content (AvgIpc) is 2.73. The molecule has 1 aromatic carbocycles. The molecule has 4 nitrogen and oxygen atoms in total. The van der Waals surface area contributed by atoms with Crippen LogP contribution < -0.4 is 10.1 Å². The van der Waals surface area contributed by atoms with Gasteiger partial charge < -0.3 is 14.8 Å². The Hall–Kier alpha value is -1.55. The van der Waals surface area contributed by atoms with Crippen molar-refractivity contribution in [3.05, 3.63) is 24.3 Å². The van der Waals surface area contributed by atoms with Crippen molar-refractivity contribution in [2.75, 3.05) is 25.1 Å². The van der Waals surface area contributed by atoms with E-state index in [4.69, 9.17) is 9.47 Å². The maximum Gasteiger partial charge on any atom is 0.221 e. The lowest BCUT2D eigenvalue weighted by Crippen LogP contribution is -2.08. The minimum absolute atomic E-state index is 0.0689. The van der Waals surface area contributed by atoms with Crippen LogP contribution in [0.2, 0.25) is 0 Å². The molecule has 1 aromatic rings. The Bertz CT molecular complexity index is 516. The maximum atomic E-state index is 11.0. The van der Waals surface area contributed by atoms with Gasteiger partial charge in [-0.25, -0.2) is 0 Å². The Labute approximate surface area is 185 Å². The summed E-state index contributed by atoms with van der Waals surface area (Å²) in [5.41, 5.74) is 0.781. The zero-order valence-electron chi connectivity index (χ0n) is 19.6. The molecule has 0 aliphatic heterocycles. The number of rotatable bonds is 20. The van der Waals surface area contributed by atoms with E-state index >= 15 is 0 Å². The van der Waals surface area contributed by atoms with Crippen LogP contribution >= 0.6 is 0 Å². The number of nitrogens with one attached hydrogen (secondary N) is 1. The smallest absolute Gasteiger partial charge is 0.221 e. The predicted octanol–water partition coefficient (Wildman–Crippen LogP) is 7.52. The quantitative estimate of drug-likeness (QED) is 0.222. The van der Waals surface area contributed by atoms with Crippen molar-refractivity contribution < 1.29 is 14.3 Å². The summed E-state index contributed by atoms with van der Waals surface area (Å²) in [6, 6.07) is 7.40. The summed E-state index contributed by atoms with van der Waals surface area (Å²) < 4.78 is 11.3. The van der Waals surface area contributed by atoms with Gasteiger partial charge in [-0.05, 0) is 30.7 Å². The second kappa shape index (κ2) is 19.4. The van der Waals surface area contributed by atoms with Crippen LogP contribution in [0.25, 0.3) is 0 Å². The van der Waals surface area contributed by atoms with Crippen LogP contribution in [0.5, 0.6) is 5.75 Å². The summed E-state index contributed by atoms with van der Waals surface area (Å²) >= 11 is 0. The van der Waals surface area contributed by atoms with E-state index in [2.05, 4.69) is 12.2 Å². The summed E-state index contributed by atoms with van der Waals surface area (Å²) in [5.74, 6) is 0.727. The van der Waals surface area contributed by atoms with Gasteiger partial charge >= 0.3 is 0 Å². The third kappa shape index (κ3) is 16.3. The average molecular weight is 420 g/mol. The molecule has 172 valence electrons. The van der Waals surface area contributed by atoms with Gasteiger partial charge in [-0.15, -0.1) is 0 Å². The Balaban J connectivity index is 1.79. The van der Waals surface area contributed by atoms with Gasteiger partial charge in [0.25, 0.3) is 0 Å². The minimum Gasteiger partial charge on any atom is -0.491 e. The third-order valence-electron chi connectivity index (χ3n) is 5.31. The molecule has 0 unspecified atom stereocenters. The highest BCUT2D eigenvalue weighted by molar-refractivity contribution is 5.88. The van der Waals surface area contributed by atoms with Crippen LogP contribution in [0.4, 0.5) is 5.69 Å². The van der Waals surface area contributed by atoms with Crippen LogP contribution in [0.15, 0.2) is 24.3 Å². The molecule has 0 radical (unpaired) electrons. The largest absolute Gasteiger partial charge is 0.491 e. The lowest BCUT2D eigenvalue weighted by Gasteiger charge is -2.08. The molecule has 0 aliphatic rings. The zero-order chi connectivity index (χ0) is 21.7. The predicted molar refractivity (Wildman–Crippen MR) is 127 cm³/mol. The van der Waals surface area contributed by atoms with Crippen molar-refractivity contribution >= 4 is 11.6 Å². The fourth-order valence-corrected chi connectivity index (χ4v) is 3.56. The molecule has 0 aliphatic carbocycles. The van der Waals surface area contributed by atoms with E-state index in [1.807, 2.05) is 24.3 Å².